The third-order valence-electron chi connectivity index (χ3n) is 2.01. The molecule has 0 aromatic rings. The van der Waals surface area contributed by atoms with Crippen LogP contribution in [-0.2, 0) is 9.59 Å². The van der Waals surface area contributed by atoms with Gasteiger partial charge in [-0.15, -0.1) is 0 Å². The van der Waals surface area contributed by atoms with Crippen LogP contribution in [0.4, 0.5) is 0 Å². The predicted molar refractivity (Wildman–Crippen MR) is 56.8 cm³/mol. The highest BCUT2D eigenvalue weighted by Crippen LogP contribution is 2.25. The predicted octanol–water partition coefficient (Wildman–Crippen LogP) is 2.66. The molecule has 0 spiro atoms. The van der Waals surface area contributed by atoms with E-state index in [2.05, 4.69) is 6.92 Å². The zero-order valence-electron chi connectivity index (χ0n) is 8.58. The van der Waals surface area contributed by atoms with Crippen molar-refractivity contribution in [2.45, 2.75) is 45.3 Å². The zero-order valence-corrected chi connectivity index (χ0v) is 9.39. The van der Waals surface area contributed by atoms with Crippen LogP contribution in [0.5, 0.6) is 0 Å². The molecule has 2 atom stereocenters. The summed E-state index contributed by atoms with van der Waals surface area (Å²) in [5, 5.41) is 0.295. The maximum Gasteiger partial charge on any atom is 0.186 e. The Morgan fingerprint density at radius 1 is 1.46 bits per heavy atom. The Morgan fingerprint density at radius 3 is 2.38 bits per heavy atom. The number of carbonyl (C=O) groups is 2. The molecule has 0 bridgehead atoms. The molecule has 13 heavy (non-hydrogen) atoms. The monoisotopic (exact) mass is 202 g/mol. The molecule has 0 fully saturated rings. The largest absolute Gasteiger partial charge is 0.303 e. The summed E-state index contributed by atoms with van der Waals surface area (Å²) in [5.41, 5.74) is 0. The quantitative estimate of drug-likeness (QED) is 0.621. The Hall–Kier alpha value is -0.310. The molecule has 0 aliphatic rings. The summed E-state index contributed by atoms with van der Waals surface area (Å²) in [5.74, 6) is 0.0360. The lowest BCUT2D eigenvalue weighted by Gasteiger charge is -2.18. The molecule has 0 aliphatic heterocycles. The average molecular weight is 202 g/mol. The highest BCUT2D eigenvalue weighted by Gasteiger charge is 2.20. The van der Waals surface area contributed by atoms with Crippen LogP contribution in [0.1, 0.15) is 40.0 Å². The van der Waals surface area contributed by atoms with E-state index in [0.717, 1.165) is 25.5 Å². The van der Waals surface area contributed by atoms with E-state index in [4.69, 9.17) is 0 Å². The molecule has 2 unspecified atom stereocenters. The molecule has 0 aromatic carbocycles. The van der Waals surface area contributed by atoms with Crippen molar-refractivity contribution >= 4 is 23.2 Å². The van der Waals surface area contributed by atoms with E-state index in [9.17, 15) is 9.59 Å². The maximum absolute atomic E-state index is 10.9. The Labute approximate surface area is 84.5 Å². The molecule has 0 heterocycles. The van der Waals surface area contributed by atoms with Gasteiger partial charge in [-0.3, -0.25) is 4.79 Å². The molecule has 3 heteroatoms. The second-order valence-electron chi connectivity index (χ2n) is 3.14. The normalized spacial score (nSPS) is 15.0. The number of aldehydes is 1. The zero-order chi connectivity index (χ0) is 10.3. The van der Waals surface area contributed by atoms with Crippen LogP contribution in [0.2, 0.25) is 0 Å². The van der Waals surface area contributed by atoms with Gasteiger partial charge < -0.3 is 4.79 Å². The van der Waals surface area contributed by atoms with Crippen LogP contribution in [0.15, 0.2) is 0 Å². The molecule has 0 saturated carbocycles. The van der Waals surface area contributed by atoms with Crippen molar-refractivity contribution in [3.63, 3.8) is 0 Å². The van der Waals surface area contributed by atoms with Gasteiger partial charge in [0.1, 0.15) is 6.29 Å². The standard InChI is InChI=1S/C10H18O2S/c1-4-6-10(13-8(3)12)9(5-2)7-11/h7,9-10H,4-6H2,1-3H3. The van der Waals surface area contributed by atoms with Gasteiger partial charge in [-0.1, -0.05) is 32.0 Å². The van der Waals surface area contributed by atoms with Gasteiger partial charge in [0.25, 0.3) is 0 Å². The first-order chi connectivity index (χ1) is 6.15. The fourth-order valence-corrected chi connectivity index (χ4v) is 2.52. The van der Waals surface area contributed by atoms with Crippen molar-refractivity contribution in [1.29, 1.82) is 0 Å². The van der Waals surface area contributed by atoms with Gasteiger partial charge in [-0.2, -0.15) is 0 Å². The van der Waals surface area contributed by atoms with Crippen molar-refractivity contribution in [3.8, 4) is 0 Å². The van der Waals surface area contributed by atoms with Crippen molar-refractivity contribution < 1.29 is 9.59 Å². The van der Waals surface area contributed by atoms with E-state index in [1.54, 1.807) is 6.92 Å². The van der Waals surface area contributed by atoms with Crippen LogP contribution >= 0.6 is 11.8 Å². The summed E-state index contributed by atoms with van der Waals surface area (Å²) >= 11 is 1.31. The van der Waals surface area contributed by atoms with Crippen molar-refractivity contribution in [3.05, 3.63) is 0 Å². The number of hydrogen-bond acceptors (Lipinski definition) is 3. The average Bonchev–Trinajstić information content (AvgIpc) is 2.05. The highest BCUT2D eigenvalue weighted by molar-refractivity contribution is 8.14. The second kappa shape index (κ2) is 7.13. The number of carbonyl (C=O) groups excluding carboxylic acids is 2. The van der Waals surface area contributed by atoms with Crippen molar-refractivity contribution in [2.24, 2.45) is 5.92 Å². The van der Waals surface area contributed by atoms with Crippen LogP contribution < -0.4 is 0 Å². The summed E-state index contributed by atoms with van der Waals surface area (Å²) in [6.45, 7) is 5.62. The van der Waals surface area contributed by atoms with Gasteiger partial charge >= 0.3 is 0 Å². The van der Waals surface area contributed by atoms with E-state index >= 15 is 0 Å². The molecular weight excluding hydrogens is 184 g/mol. The molecule has 76 valence electrons. The Bertz CT molecular complexity index is 168. The first-order valence-electron chi connectivity index (χ1n) is 4.78. The maximum atomic E-state index is 10.9. The molecule has 0 radical (unpaired) electrons. The Morgan fingerprint density at radius 2 is 2.08 bits per heavy atom. The smallest absolute Gasteiger partial charge is 0.186 e. The topological polar surface area (TPSA) is 34.1 Å². The van der Waals surface area contributed by atoms with E-state index in [1.807, 2.05) is 6.92 Å². The number of rotatable bonds is 6. The minimum absolute atomic E-state index is 0.0360. The first-order valence-corrected chi connectivity index (χ1v) is 5.66. The van der Waals surface area contributed by atoms with Gasteiger partial charge in [0, 0.05) is 18.1 Å². The third kappa shape index (κ3) is 5.09. The molecule has 0 aliphatic carbocycles. The Kier molecular flexibility index (Phi) is 6.96. The van der Waals surface area contributed by atoms with Crippen LogP contribution in [-0.4, -0.2) is 16.7 Å². The van der Waals surface area contributed by atoms with Gasteiger partial charge in [0.15, 0.2) is 5.12 Å². The summed E-state index contributed by atoms with van der Waals surface area (Å²) in [6, 6.07) is 0. The van der Waals surface area contributed by atoms with Crippen molar-refractivity contribution in [1.82, 2.24) is 0 Å². The molecule has 0 aromatic heterocycles. The van der Waals surface area contributed by atoms with Crippen molar-refractivity contribution in [2.75, 3.05) is 0 Å². The second-order valence-corrected chi connectivity index (χ2v) is 4.56. The first kappa shape index (κ1) is 12.7. The minimum atomic E-state index is 0.0360. The lowest BCUT2D eigenvalue weighted by molar-refractivity contribution is -0.111. The van der Waals surface area contributed by atoms with E-state index < -0.39 is 0 Å². The summed E-state index contributed by atoms with van der Waals surface area (Å²) in [4.78, 5) is 21.6. The fourth-order valence-electron chi connectivity index (χ4n) is 1.30. The van der Waals surface area contributed by atoms with Crippen LogP contribution in [0.3, 0.4) is 0 Å². The molecule has 0 saturated heterocycles. The molecule has 0 N–H and O–H groups in total. The molecule has 0 amide bonds. The minimum Gasteiger partial charge on any atom is -0.303 e. The lowest BCUT2D eigenvalue weighted by atomic mass is 10.0. The molecule has 0 rings (SSSR count). The Balaban J connectivity index is 4.19. The number of thioether (sulfide) groups is 1. The summed E-state index contributed by atoms with van der Waals surface area (Å²) < 4.78 is 0. The number of hydrogen-bond donors (Lipinski definition) is 0. The van der Waals surface area contributed by atoms with Gasteiger partial charge in [0.05, 0.1) is 0 Å². The fraction of sp³-hybridized carbons (Fsp3) is 0.800. The SMILES string of the molecule is CCCC(SC(C)=O)C(C=O)CC. The summed E-state index contributed by atoms with van der Waals surface area (Å²) in [7, 11) is 0. The van der Waals surface area contributed by atoms with E-state index in [1.165, 1.54) is 11.8 Å². The van der Waals surface area contributed by atoms with Crippen LogP contribution in [0.25, 0.3) is 0 Å². The lowest BCUT2D eigenvalue weighted by Crippen LogP contribution is -2.19. The molecular formula is C10H18O2S. The van der Waals surface area contributed by atoms with Gasteiger partial charge in [0.2, 0.25) is 0 Å². The van der Waals surface area contributed by atoms with Crippen LogP contribution in [0, 0.1) is 5.92 Å². The van der Waals surface area contributed by atoms with E-state index in [-0.39, 0.29) is 16.3 Å². The van der Waals surface area contributed by atoms with Gasteiger partial charge in [-0.05, 0) is 12.8 Å². The molecule has 2 nitrogen and oxygen atoms in total. The third-order valence-corrected chi connectivity index (χ3v) is 3.23. The summed E-state index contributed by atoms with van der Waals surface area (Å²) in [6.07, 6.45) is 3.78. The van der Waals surface area contributed by atoms with E-state index in [0.29, 0.717) is 0 Å². The van der Waals surface area contributed by atoms with Gasteiger partial charge in [-0.25, -0.2) is 0 Å². The highest BCUT2D eigenvalue weighted by atomic mass is 32.2.